The molecule has 24 heavy (non-hydrogen) atoms. The van der Waals surface area contributed by atoms with Crippen LogP contribution in [-0.4, -0.2) is 39.6 Å². The molecule has 1 rings (SSSR count). The number of benzene rings is 1. The number of halogens is 4. The molecular weight excluding hydrogens is 347 g/mol. The van der Waals surface area contributed by atoms with Gasteiger partial charge in [-0.25, -0.2) is 27.9 Å². The zero-order chi connectivity index (χ0) is 16.5. The summed E-state index contributed by atoms with van der Waals surface area (Å²) in [7, 11) is -10.9. The van der Waals surface area contributed by atoms with Crippen molar-refractivity contribution in [1.82, 2.24) is 12.3 Å². The fourth-order valence-corrected chi connectivity index (χ4v) is 1.03. The van der Waals surface area contributed by atoms with Gasteiger partial charge in [0.2, 0.25) is 0 Å². The zero-order valence-corrected chi connectivity index (χ0v) is 11.9. The number of hydrogen-bond acceptors (Lipinski definition) is 10. The molecule has 0 amide bonds. The van der Waals surface area contributed by atoms with Crippen molar-refractivity contribution in [1.29, 1.82) is 0 Å². The van der Waals surface area contributed by atoms with Crippen LogP contribution in [0.2, 0.25) is 0 Å². The quantitative estimate of drug-likeness (QED) is 0.199. The van der Waals surface area contributed by atoms with E-state index in [1.165, 1.54) is 0 Å². The summed E-state index contributed by atoms with van der Waals surface area (Å²) >= 11 is 0. The van der Waals surface area contributed by atoms with Crippen LogP contribution in [0.4, 0.5) is 17.3 Å². The average Bonchev–Trinajstić information content (AvgIpc) is 2.44. The summed E-state index contributed by atoms with van der Waals surface area (Å²) in [6.45, 7) is 0. The van der Waals surface area contributed by atoms with Gasteiger partial charge in [0.25, 0.3) is 0 Å². The Morgan fingerprint density at radius 3 is 1.50 bits per heavy atom. The molecule has 0 fully saturated rings. The van der Waals surface area contributed by atoms with Crippen molar-refractivity contribution in [3.63, 3.8) is 0 Å². The number of hydrogen-bond donors (Lipinski definition) is 4. The van der Waals surface area contributed by atoms with Gasteiger partial charge in [-0.1, -0.05) is 0 Å². The van der Waals surface area contributed by atoms with Crippen molar-refractivity contribution in [2.45, 2.75) is 0 Å². The van der Waals surface area contributed by atoms with Gasteiger partial charge in [0.05, 0.1) is 0 Å². The Bertz CT molecular complexity index is 438. The highest BCUT2D eigenvalue weighted by Crippen LogP contribution is 2.19. The Morgan fingerprint density at radius 1 is 0.625 bits per heavy atom. The molecule has 1 aromatic carbocycles. The Labute approximate surface area is 134 Å². The minimum atomic E-state index is -2.93. The van der Waals surface area contributed by atoms with Crippen LogP contribution in [-0.2, 0) is 19.2 Å². The van der Waals surface area contributed by atoms with Gasteiger partial charge in [0, 0.05) is 0 Å². The molecule has 0 saturated heterocycles. The van der Waals surface area contributed by atoms with Crippen LogP contribution in [0, 0.1) is 0 Å². The summed E-state index contributed by atoms with van der Waals surface area (Å²) in [6.07, 6.45) is 0. The van der Waals surface area contributed by atoms with Gasteiger partial charge < -0.3 is 31.7 Å². The van der Waals surface area contributed by atoms with Crippen LogP contribution in [0.25, 0.3) is 0 Å². The monoisotopic (exact) mass is 360 g/mol. The molecule has 10 nitrogen and oxygen atoms in total. The molecular formula is C6H12B4F4N2O8. The molecule has 0 atom stereocenters. The highest BCUT2D eigenvalue weighted by Gasteiger charge is 2.32. The first-order valence-corrected chi connectivity index (χ1v) is 5.37. The minimum Gasteiger partial charge on any atom is -0.509 e. The average molecular weight is 359 g/mol. The second kappa shape index (κ2) is 12.8. The predicted molar refractivity (Wildman–Crippen MR) is 74.0 cm³/mol. The normalized spacial score (nSPS) is 9.25. The van der Waals surface area contributed by atoms with Gasteiger partial charge in [-0.15, -0.1) is 0 Å². The van der Waals surface area contributed by atoms with Gasteiger partial charge in [-0.05, 0) is 24.3 Å². The van der Waals surface area contributed by atoms with Crippen molar-refractivity contribution < 1.29 is 55.8 Å². The van der Waals surface area contributed by atoms with E-state index in [1.54, 1.807) is 0 Å². The second-order valence-corrected chi connectivity index (χ2v) is 3.22. The van der Waals surface area contributed by atoms with E-state index in [-0.39, 0.29) is 23.8 Å². The summed E-state index contributed by atoms with van der Waals surface area (Å²) in [6, 6.07) is 4.48. The van der Waals surface area contributed by atoms with E-state index in [2.05, 4.69) is 28.5 Å². The predicted octanol–water partition coefficient (Wildman–Crippen LogP) is 0.467. The molecule has 0 spiro atoms. The molecule has 18 heteroatoms. The Morgan fingerprint density at radius 2 is 1.04 bits per heavy atom. The van der Waals surface area contributed by atoms with E-state index in [0.717, 1.165) is 24.3 Å². The third kappa shape index (κ3) is 11.1. The lowest BCUT2D eigenvalue weighted by molar-refractivity contribution is -0.224. The maximum atomic E-state index is 13.1. The topological polar surface area (TPSA) is 166 Å². The third-order valence-electron chi connectivity index (χ3n) is 1.70. The molecule has 0 aromatic heterocycles. The van der Waals surface area contributed by atoms with Gasteiger partial charge in [0.15, 0.2) is 0 Å². The van der Waals surface area contributed by atoms with E-state index in [1.807, 2.05) is 0 Å². The molecule has 1 aromatic rings. The maximum Gasteiger partial charge on any atom is 0.782 e. The van der Waals surface area contributed by atoms with Crippen LogP contribution in [0.3, 0.4) is 0 Å². The van der Waals surface area contributed by atoms with Gasteiger partial charge in [-0.2, -0.15) is 0 Å². The Balaban J connectivity index is 0. The van der Waals surface area contributed by atoms with Crippen LogP contribution < -0.4 is 21.6 Å². The Kier molecular flexibility index (Phi) is 13.2. The van der Waals surface area contributed by atoms with Gasteiger partial charge in [-0.3, -0.25) is 8.63 Å². The zero-order valence-electron chi connectivity index (χ0n) is 11.9. The molecule has 0 aliphatic heterocycles. The lowest BCUT2D eigenvalue weighted by atomic mass is 10.2. The van der Waals surface area contributed by atoms with Crippen molar-refractivity contribution >= 4 is 29.6 Å². The van der Waals surface area contributed by atoms with Crippen LogP contribution in [0.5, 0.6) is 11.5 Å². The Hall–Kier alpha value is -1.52. The first-order valence-electron chi connectivity index (χ1n) is 5.37. The molecule has 0 aliphatic carbocycles. The SMILES string of the molecule is N.N.OB(F)OOB(F)OOB(F)Oc1ccc(OB(O)F)cc1. The minimum absolute atomic E-state index is 0. The van der Waals surface area contributed by atoms with Crippen molar-refractivity contribution in [3.05, 3.63) is 24.3 Å². The lowest BCUT2D eigenvalue weighted by Gasteiger charge is -2.09. The molecule has 8 N–H and O–H groups in total. The molecule has 0 unspecified atom stereocenters. The van der Waals surface area contributed by atoms with Crippen LogP contribution >= 0.6 is 0 Å². The molecule has 134 valence electrons. The van der Waals surface area contributed by atoms with E-state index < -0.39 is 29.6 Å². The van der Waals surface area contributed by atoms with Crippen molar-refractivity contribution in [2.24, 2.45) is 0 Å². The summed E-state index contributed by atoms with van der Waals surface area (Å²) in [4.78, 5) is 14.0. The van der Waals surface area contributed by atoms with E-state index in [4.69, 9.17) is 10.0 Å². The molecule has 0 bridgehead atoms. The first-order chi connectivity index (χ1) is 10.4. The van der Waals surface area contributed by atoms with E-state index >= 15 is 0 Å². The van der Waals surface area contributed by atoms with Crippen LogP contribution in [0.1, 0.15) is 0 Å². The third-order valence-corrected chi connectivity index (χ3v) is 1.70. The number of rotatable bonds is 10. The molecule has 0 heterocycles. The highest BCUT2D eigenvalue weighted by molar-refractivity contribution is 6.39. The standard InChI is InChI=1S/C6H6B4F4O8.2H3N/c11-7(15)17-5-1-3-6(4-2-5)18-9(13)20-22-10(14)21-19-8(12)16;;/h1-4,15-16H;2*1H3. The first kappa shape index (κ1) is 24.7. The maximum absolute atomic E-state index is 13.1. The highest BCUT2D eigenvalue weighted by atomic mass is 19.1. The van der Waals surface area contributed by atoms with Gasteiger partial charge in [0.1, 0.15) is 11.5 Å². The van der Waals surface area contributed by atoms with Crippen molar-refractivity contribution in [2.75, 3.05) is 0 Å². The summed E-state index contributed by atoms with van der Waals surface area (Å²) in [5.74, 6) is -0.224. The molecule has 0 aliphatic rings. The van der Waals surface area contributed by atoms with Gasteiger partial charge >= 0.3 is 29.6 Å². The smallest absolute Gasteiger partial charge is 0.509 e. The van der Waals surface area contributed by atoms with E-state index in [9.17, 15) is 17.3 Å². The summed E-state index contributed by atoms with van der Waals surface area (Å²) < 4.78 is 58.1. The lowest BCUT2D eigenvalue weighted by Crippen LogP contribution is -2.28. The van der Waals surface area contributed by atoms with E-state index in [0.29, 0.717) is 0 Å². The molecule has 0 saturated carbocycles. The fraction of sp³-hybridized carbons (Fsp3) is 0. The van der Waals surface area contributed by atoms with Crippen LogP contribution in [0.15, 0.2) is 24.3 Å². The second-order valence-electron chi connectivity index (χ2n) is 3.22. The summed E-state index contributed by atoms with van der Waals surface area (Å²) in [5, 5.41) is 16.2. The largest absolute Gasteiger partial charge is 0.782 e. The molecule has 0 radical (unpaired) electrons. The van der Waals surface area contributed by atoms with Crippen molar-refractivity contribution in [3.8, 4) is 11.5 Å². The summed E-state index contributed by atoms with van der Waals surface area (Å²) in [5.41, 5.74) is 0. The fourth-order valence-electron chi connectivity index (χ4n) is 1.03.